The molecule has 51 heavy (non-hydrogen) atoms. The summed E-state index contributed by atoms with van der Waals surface area (Å²) in [6.07, 6.45) is 11.0. The highest BCUT2D eigenvalue weighted by atomic mass is 16.5. The van der Waals surface area contributed by atoms with Crippen LogP contribution in [-0.2, 0) is 12.8 Å². The van der Waals surface area contributed by atoms with E-state index in [2.05, 4.69) is 137 Å². The van der Waals surface area contributed by atoms with Gasteiger partial charge in [-0.05, 0) is 131 Å². The van der Waals surface area contributed by atoms with Crippen LogP contribution in [0.5, 0.6) is 11.5 Å². The van der Waals surface area contributed by atoms with Crippen LogP contribution in [0.3, 0.4) is 0 Å². The van der Waals surface area contributed by atoms with E-state index >= 15 is 0 Å². The Hall–Kier alpha value is -4.64. The predicted octanol–water partition coefficient (Wildman–Crippen LogP) is 12.4. The van der Waals surface area contributed by atoms with Crippen molar-refractivity contribution in [2.24, 2.45) is 17.8 Å². The first-order valence-corrected chi connectivity index (χ1v) is 19.1. The summed E-state index contributed by atoms with van der Waals surface area (Å²) >= 11 is 0. The minimum Gasteiger partial charge on any atom is -0.457 e. The van der Waals surface area contributed by atoms with Crippen LogP contribution in [0.4, 0.5) is 0 Å². The molecule has 5 nitrogen and oxygen atoms in total. The highest BCUT2D eigenvalue weighted by Gasteiger charge is 2.32. The van der Waals surface area contributed by atoms with Gasteiger partial charge in [0.2, 0.25) is 0 Å². The molecular formula is C46H54N4O. The topological polar surface area (TPSA) is 44.9 Å². The van der Waals surface area contributed by atoms with E-state index < -0.39 is 0 Å². The number of allylic oxidation sites excluding steroid dienone is 2. The molecule has 0 spiro atoms. The normalized spacial score (nSPS) is 16.5. The molecule has 3 aromatic carbocycles. The molecule has 0 bridgehead atoms. The minimum atomic E-state index is 0.415. The number of aromatic nitrogens is 4. The van der Waals surface area contributed by atoms with Crippen LogP contribution < -0.4 is 4.74 Å². The van der Waals surface area contributed by atoms with Gasteiger partial charge in [-0.3, -0.25) is 4.57 Å². The second kappa shape index (κ2) is 14.5. The van der Waals surface area contributed by atoms with E-state index in [0.29, 0.717) is 23.7 Å². The number of hydrogen-bond donors (Lipinski definition) is 0. The Balaban J connectivity index is 1.33. The lowest BCUT2D eigenvalue weighted by Gasteiger charge is -2.30. The van der Waals surface area contributed by atoms with Gasteiger partial charge in [-0.15, -0.1) is 0 Å². The van der Waals surface area contributed by atoms with Crippen molar-refractivity contribution in [3.05, 3.63) is 119 Å². The van der Waals surface area contributed by atoms with Gasteiger partial charge >= 0.3 is 0 Å². The van der Waals surface area contributed by atoms with E-state index in [1.165, 1.54) is 51.7 Å². The number of rotatable bonds is 11. The molecule has 1 unspecified atom stereocenters. The molecule has 1 aliphatic carbocycles. The minimum absolute atomic E-state index is 0.415. The van der Waals surface area contributed by atoms with Gasteiger partial charge in [-0.25, -0.2) is 9.67 Å². The SMILES string of the molecule is CC1=CCC[C@H](C)C1c1c(CCC(C)C)nn(-c2cc(C)cc(Oc3ccc4c5ccccc5n(-c5cc(C)ccn5)c4c3)c2)c1CCC(C)C. The molecule has 6 aromatic rings. The van der Waals surface area contributed by atoms with Gasteiger partial charge in [0.25, 0.3) is 0 Å². The van der Waals surface area contributed by atoms with Crippen LogP contribution in [-0.4, -0.2) is 19.3 Å². The van der Waals surface area contributed by atoms with Crippen molar-refractivity contribution in [3.63, 3.8) is 0 Å². The molecule has 0 radical (unpaired) electrons. The molecule has 7 rings (SSSR count). The first-order valence-electron chi connectivity index (χ1n) is 19.1. The molecule has 0 aliphatic heterocycles. The maximum absolute atomic E-state index is 6.76. The summed E-state index contributed by atoms with van der Waals surface area (Å²) in [5.74, 6) is 4.77. The molecule has 0 N–H and O–H groups in total. The van der Waals surface area contributed by atoms with Gasteiger partial charge in [-0.2, -0.15) is 5.10 Å². The average Bonchev–Trinajstić information content (AvgIpc) is 3.61. The largest absolute Gasteiger partial charge is 0.457 e. The lowest BCUT2D eigenvalue weighted by atomic mass is 9.74. The van der Waals surface area contributed by atoms with Crippen molar-refractivity contribution in [3.8, 4) is 23.0 Å². The summed E-state index contributed by atoms with van der Waals surface area (Å²) in [5, 5.41) is 7.89. The molecule has 1 aliphatic rings. The van der Waals surface area contributed by atoms with E-state index in [1.54, 1.807) is 0 Å². The predicted molar refractivity (Wildman–Crippen MR) is 213 cm³/mol. The Kier molecular flexibility index (Phi) is 9.92. The number of hydrogen-bond acceptors (Lipinski definition) is 3. The summed E-state index contributed by atoms with van der Waals surface area (Å²) in [5.41, 5.74) is 11.3. The number of aryl methyl sites for hydroxylation is 3. The Morgan fingerprint density at radius 3 is 2.31 bits per heavy atom. The molecular weight excluding hydrogens is 625 g/mol. The number of benzene rings is 3. The van der Waals surface area contributed by atoms with Gasteiger partial charge in [0.1, 0.15) is 17.3 Å². The third-order valence-electron chi connectivity index (χ3n) is 10.8. The zero-order chi connectivity index (χ0) is 35.8. The monoisotopic (exact) mass is 678 g/mol. The average molecular weight is 679 g/mol. The molecule has 0 saturated heterocycles. The van der Waals surface area contributed by atoms with Gasteiger partial charge in [0.05, 0.1) is 22.4 Å². The van der Waals surface area contributed by atoms with Crippen molar-refractivity contribution in [1.82, 2.24) is 19.3 Å². The summed E-state index contributed by atoms with van der Waals surface area (Å²) in [6.45, 7) is 18.4. The standard InChI is InChI=1S/C46H54N4O/c1-29(2)16-20-40-46(45-33(7)12-11-13-34(45)8)42(21-17-30(3)4)50(48-40)35-24-32(6)25-37(27-35)51-36-18-19-39-38-14-9-10-15-41(38)49(43(39)28-36)44-26-31(5)22-23-47-44/h9-10,12,14-15,18-19,22-30,34,45H,11,13,16-17,20-21H2,1-8H3/t34-,45?/m0/s1. The summed E-state index contributed by atoms with van der Waals surface area (Å²) in [4.78, 5) is 4.77. The fourth-order valence-corrected chi connectivity index (χ4v) is 8.14. The first-order chi connectivity index (χ1) is 24.6. The molecule has 2 atom stereocenters. The van der Waals surface area contributed by atoms with E-state index in [4.69, 9.17) is 14.8 Å². The number of para-hydroxylation sites is 1. The first kappa shape index (κ1) is 34.8. The molecule has 5 heteroatoms. The van der Waals surface area contributed by atoms with Crippen molar-refractivity contribution in [1.29, 1.82) is 0 Å². The zero-order valence-corrected chi connectivity index (χ0v) is 31.8. The quantitative estimate of drug-likeness (QED) is 0.128. The summed E-state index contributed by atoms with van der Waals surface area (Å²) in [7, 11) is 0. The fraction of sp³-hybridized carbons (Fsp3) is 0.391. The van der Waals surface area contributed by atoms with E-state index in [1.807, 2.05) is 12.3 Å². The van der Waals surface area contributed by atoms with Crippen LogP contribution in [0.25, 0.3) is 33.3 Å². The van der Waals surface area contributed by atoms with Crippen LogP contribution in [0.2, 0.25) is 0 Å². The van der Waals surface area contributed by atoms with Crippen LogP contribution in [0.1, 0.15) is 101 Å². The maximum Gasteiger partial charge on any atom is 0.137 e. The van der Waals surface area contributed by atoms with E-state index in [-0.39, 0.29) is 0 Å². The highest BCUT2D eigenvalue weighted by molar-refractivity contribution is 6.09. The number of pyridine rings is 1. The lowest BCUT2D eigenvalue weighted by molar-refractivity contribution is 0.443. The Morgan fingerprint density at radius 1 is 0.784 bits per heavy atom. The second-order valence-corrected chi connectivity index (χ2v) is 15.9. The zero-order valence-electron chi connectivity index (χ0n) is 31.8. The maximum atomic E-state index is 6.76. The molecule has 3 aromatic heterocycles. The number of fused-ring (bicyclic) bond motifs is 3. The van der Waals surface area contributed by atoms with Gasteiger partial charge in [0, 0.05) is 46.3 Å². The van der Waals surface area contributed by atoms with E-state index in [0.717, 1.165) is 65.3 Å². The molecule has 0 fully saturated rings. The fourth-order valence-electron chi connectivity index (χ4n) is 8.14. The summed E-state index contributed by atoms with van der Waals surface area (Å²) in [6, 6.07) is 25.8. The highest BCUT2D eigenvalue weighted by Crippen LogP contribution is 2.43. The van der Waals surface area contributed by atoms with Crippen LogP contribution in [0.15, 0.2) is 90.6 Å². The number of nitrogens with zero attached hydrogens (tertiary/aromatic N) is 4. The van der Waals surface area contributed by atoms with Crippen molar-refractivity contribution in [2.45, 2.75) is 99.8 Å². The molecule has 0 saturated carbocycles. The van der Waals surface area contributed by atoms with Crippen LogP contribution >= 0.6 is 0 Å². The molecule has 0 amide bonds. The third kappa shape index (κ3) is 7.13. The van der Waals surface area contributed by atoms with Gasteiger partial charge in [0.15, 0.2) is 0 Å². The Bertz CT molecular complexity index is 2210. The van der Waals surface area contributed by atoms with Crippen molar-refractivity contribution < 1.29 is 4.74 Å². The van der Waals surface area contributed by atoms with Gasteiger partial charge < -0.3 is 4.74 Å². The van der Waals surface area contributed by atoms with Gasteiger partial charge in [-0.1, -0.05) is 64.5 Å². The Labute approximate surface area is 304 Å². The van der Waals surface area contributed by atoms with Crippen molar-refractivity contribution >= 4 is 21.8 Å². The molecule has 3 heterocycles. The van der Waals surface area contributed by atoms with Crippen molar-refractivity contribution in [2.75, 3.05) is 0 Å². The number of ether oxygens (including phenoxy) is 1. The Morgan fingerprint density at radius 2 is 1.55 bits per heavy atom. The lowest BCUT2D eigenvalue weighted by Crippen LogP contribution is -2.18. The molecule has 264 valence electrons. The summed E-state index contributed by atoms with van der Waals surface area (Å²) < 4.78 is 11.3. The van der Waals surface area contributed by atoms with Crippen LogP contribution in [0, 0.1) is 31.6 Å². The third-order valence-corrected chi connectivity index (χ3v) is 10.8. The second-order valence-electron chi connectivity index (χ2n) is 15.9. The smallest absolute Gasteiger partial charge is 0.137 e. The van der Waals surface area contributed by atoms with E-state index in [9.17, 15) is 0 Å².